The SMILES string of the molecule is Nc1ccc(C(=O)NOC2CCCC2)cc1Br. The van der Waals surface area contributed by atoms with E-state index in [2.05, 4.69) is 21.4 Å². The molecule has 1 amide bonds. The molecule has 0 aliphatic heterocycles. The summed E-state index contributed by atoms with van der Waals surface area (Å²) < 4.78 is 0.714. The summed E-state index contributed by atoms with van der Waals surface area (Å²) in [6.45, 7) is 0. The van der Waals surface area contributed by atoms with Crippen LogP contribution in [0.1, 0.15) is 36.0 Å². The van der Waals surface area contributed by atoms with E-state index in [0.717, 1.165) is 12.8 Å². The number of nitrogens with one attached hydrogen (secondary N) is 1. The summed E-state index contributed by atoms with van der Waals surface area (Å²) in [6.07, 6.45) is 4.55. The molecule has 3 N–H and O–H groups in total. The van der Waals surface area contributed by atoms with Gasteiger partial charge in [0.2, 0.25) is 0 Å². The van der Waals surface area contributed by atoms with Gasteiger partial charge in [-0.15, -0.1) is 0 Å². The lowest BCUT2D eigenvalue weighted by molar-refractivity contribution is -0.0124. The predicted molar refractivity (Wildman–Crippen MR) is 69.4 cm³/mol. The van der Waals surface area contributed by atoms with E-state index < -0.39 is 0 Å². The minimum absolute atomic E-state index is 0.163. The first-order chi connectivity index (χ1) is 8.16. The summed E-state index contributed by atoms with van der Waals surface area (Å²) in [6, 6.07) is 5.05. The molecule has 17 heavy (non-hydrogen) atoms. The van der Waals surface area contributed by atoms with Crippen LogP contribution in [0.15, 0.2) is 22.7 Å². The van der Waals surface area contributed by atoms with E-state index in [4.69, 9.17) is 10.6 Å². The fourth-order valence-corrected chi connectivity index (χ4v) is 2.25. The van der Waals surface area contributed by atoms with Crippen LogP contribution in [0, 0.1) is 0 Å². The van der Waals surface area contributed by atoms with Crippen molar-refractivity contribution in [1.29, 1.82) is 0 Å². The van der Waals surface area contributed by atoms with E-state index >= 15 is 0 Å². The van der Waals surface area contributed by atoms with Gasteiger partial charge in [0.05, 0.1) is 6.10 Å². The van der Waals surface area contributed by atoms with Gasteiger partial charge in [0.25, 0.3) is 5.91 Å². The molecule has 0 unspecified atom stereocenters. The highest BCUT2D eigenvalue weighted by molar-refractivity contribution is 9.10. The fraction of sp³-hybridized carbons (Fsp3) is 0.417. The number of amides is 1. The maximum atomic E-state index is 11.8. The van der Waals surface area contributed by atoms with Gasteiger partial charge < -0.3 is 5.73 Å². The summed E-state index contributed by atoms with van der Waals surface area (Å²) >= 11 is 3.29. The number of halogens is 1. The first kappa shape index (κ1) is 12.4. The molecule has 1 aromatic rings. The number of carbonyl (C=O) groups is 1. The molecule has 0 saturated heterocycles. The molecule has 1 fully saturated rings. The topological polar surface area (TPSA) is 64.4 Å². The number of rotatable bonds is 3. The molecule has 0 bridgehead atoms. The maximum absolute atomic E-state index is 11.8. The number of anilines is 1. The van der Waals surface area contributed by atoms with Crippen LogP contribution >= 0.6 is 15.9 Å². The highest BCUT2D eigenvalue weighted by Crippen LogP contribution is 2.21. The van der Waals surface area contributed by atoms with Gasteiger partial charge in [-0.1, -0.05) is 12.8 Å². The van der Waals surface area contributed by atoms with Crippen molar-refractivity contribution in [2.24, 2.45) is 0 Å². The van der Waals surface area contributed by atoms with Gasteiger partial charge in [0.15, 0.2) is 0 Å². The Labute approximate surface area is 109 Å². The zero-order valence-electron chi connectivity index (χ0n) is 9.41. The Morgan fingerprint density at radius 3 is 2.76 bits per heavy atom. The van der Waals surface area contributed by atoms with Crippen LogP contribution in [-0.4, -0.2) is 12.0 Å². The van der Waals surface area contributed by atoms with E-state index in [9.17, 15) is 4.79 Å². The molecule has 1 aromatic carbocycles. The molecule has 0 atom stereocenters. The summed E-state index contributed by atoms with van der Waals surface area (Å²) in [5.74, 6) is -0.238. The summed E-state index contributed by atoms with van der Waals surface area (Å²) in [5.41, 5.74) is 9.28. The van der Waals surface area contributed by atoms with Crippen molar-refractivity contribution in [2.45, 2.75) is 31.8 Å². The molecular weight excluding hydrogens is 284 g/mol. The van der Waals surface area contributed by atoms with Crippen LogP contribution in [0.4, 0.5) is 5.69 Å². The Morgan fingerprint density at radius 1 is 1.41 bits per heavy atom. The second-order valence-electron chi connectivity index (χ2n) is 4.19. The third-order valence-electron chi connectivity index (χ3n) is 2.88. The number of hydrogen-bond donors (Lipinski definition) is 2. The molecule has 1 saturated carbocycles. The van der Waals surface area contributed by atoms with E-state index in [1.54, 1.807) is 18.2 Å². The van der Waals surface area contributed by atoms with Crippen molar-refractivity contribution in [3.8, 4) is 0 Å². The minimum Gasteiger partial charge on any atom is -0.398 e. The van der Waals surface area contributed by atoms with E-state index in [0.29, 0.717) is 15.7 Å². The largest absolute Gasteiger partial charge is 0.398 e. The summed E-state index contributed by atoms with van der Waals surface area (Å²) in [5, 5.41) is 0. The molecule has 1 aliphatic rings. The Balaban J connectivity index is 1.92. The lowest BCUT2D eigenvalue weighted by Gasteiger charge is -2.11. The van der Waals surface area contributed by atoms with Crippen molar-refractivity contribution >= 4 is 27.5 Å². The molecule has 5 heteroatoms. The van der Waals surface area contributed by atoms with Gasteiger partial charge in [-0.3, -0.25) is 9.63 Å². The highest BCUT2D eigenvalue weighted by Gasteiger charge is 2.17. The van der Waals surface area contributed by atoms with Crippen LogP contribution in [0.3, 0.4) is 0 Å². The van der Waals surface area contributed by atoms with Crippen molar-refractivity contribution in [2.75, 3.05) is 5.73 Å². The number of carbonyl (C=O) groups excluding carboxylic acids is 1. The maximum Gasteiger partial charge on any atom is 0.274 e. The molecule has 0 radical (unpaired) electrons. The standard InChI is InChI=1S/C12H15BrN2O2/c13-10-7-8(5-6-11(10)14)12(16)15-17-9-3-1-2-4-9/h5-7,9H,1-4,14H2,(H,15,16). The van der Waals surface area contributed by atoms with Gasteiger partial charge >= 0.3 is 0 Å². The van der Waals surface area contributed by atoms with Gasteiger partial charge in [0.1, 0.15) is 0 Å². The van der Waals surface area contributed by atoms with Crippen LogP contribution in [0.25, 0.3) is 0 Å². The second kappa shape index (κ2) is 5.51. The first-order valence-electron chi connectivity index (χ1n) is 5.68. The van der Waals surface area contributed by atoms with Crippen LogP contribution in [0.5, 0.6) is 0 Å². The average Bonchev–Trinajstić information content (AvgIpc) is 2.82. The Morgan fingerprint density at radius 2 is 2.12 bits per heavy atom. The highest BCUT2D eigenvalue weighted by atomic mass is 79.9. The predicted octanol–water partition coefficient (Wildman–Crippen LogP) is 2.64. The second-order valence-corrected chi connectivity index (χ2v) is 5.05. The number of benzene rings is 1. The van der Waals surface area contributed by atoms with Crippen molar-refractivity contribution in [3.63, 3.8) is 0 Å². The molecule has 0 aromatic heterocycles. The first-order valence-corrected chi connectivity index (χ1v) is 6.47. The normalized spacial score (nSPS) is 16.1. The third kappa shape index (κ3) is 3.20. The molecule has 1 aliphatic carbocycles. The van der Waals surface area contributed by atoms with Crippen LogP contribution < -0.4 is 11.2 Å². The smallest absolute Gasteiger partial charge is 0.274 e. The Hall–Kier alpha value is -1.07. The minimum atomic E-state index is -0.238. The molecule has 2 rings (SSSR count). The summed E-state index contributed by atoms with van der Waals surface area (Å²) in [7, 11) is 0. The van der Waals surface area contributed by atoms with E-state index in [1.807, 2.05) is 0 Å². The molecule has 92 valence electrons. The van der Waals surface area contributed by atoms with Crippen LogP contribution in [0.2, 0.25) is 0 Å². The number of hydroxylamine groups is 1. The van der Waals surface area contributed by atoms with Gasteiger partial charge in [0, 0.05) is 15.7 Å². The summed E-state index contributed by atoms with van der Waals surface area (Å²) in [4.78, 5) is 17.1. The van der Waals surface area contributed by atoms with Gasteiger partial charge in [-0.2, -0.15) is 0 Å². The molecule has 4 nitrogen and oxygen atoms in total. The van der Waals surface area contributed by atoms with Crippen molar-refractivity contribution in [1.82, 2.24) is 5.48 Å². The van der Waals surface area contributed by atoms with Gasteiger partial charge in [-0.05, 0) is 47.0 Å². The molecular formula is C12H15BrN2O2. The third-order valence-corrected chi connectivity index (χ3v) is 3.57. The number of nitrogens with two attached hydrogens (primary N) is 1. The fourth-order valence-electron chi connectivity index (χ4n) is 1.87. The number of hydrogen-bond acceptors (Lipinski definition) is 3. The lowest BCUT2D eigenvalue weighted by Crippen LogP contribution is -2.28. The monoisotopic (exact) mass is 298 g/mol. The Bertz CT molecular complexity index is 417. The van der Waals surface area contributed by atoms with E-state index in [1.165, 1.54) is 12.8 Å². The lowest BCUT2D eigenvalue weighted by atomic mass is 10.2. The van der Waals surface area contributed by atoms with Crippen molar-refractivity contribution in [3.05, 3.63) is 28.2 Å². The van der Waals surface area contributed by atoms with Crippen molar-refractivity contribution < 1.29 is 9.63 Å². The molecule has 0 heterocycles. The zero-order valence-corrected chi connectivity index (χ0v) is 11.0. The van der Waals surface area contributed by atoms with E-state index in [-0.39, 0.29) is 12.0 Å². The van der Waals surface area contributed by atoms with Crippen LogP contribution in [-0.2, 0) is 4.84 Å². The average molecular weight is 299 g/mol. The van der Waals surface area contributed by atoms with Gasteiger partial charge in [-0.25, -0.2) is 5.48 Å². The Kier molecular flexibility index (Phi) is 4.02. The quantitative estimate of drug-likeness (QED) is 0.666. The number of nitrogen functional groups attached to an aromatic ring is 1. The molecule has 0 spiro atoms. The zero-order chi connectivity index (χ0) is 12.3.